The van der Waals surface area contributed by atoms with E-state index in [2.05, 4.69) is 38.2 Å². The van der Waals surface area contributed by atoms with Crippen LogP contribution in [0, 0.1) is 13.8 Å². The Balaban J connectivity index is 3.06. The SMILES string of the molecule is CNCC(=O)Oc1c(C)cc(C(C)(C)C)cc1C. The van der Waals surface area contributed by atoms with Gasteiger partial charge >= 0.3 is 5.97 Å². The monoisotopic (exact) mass is 249 g/mol. The number of carbonyl (C=O) groups excluding carboxylic acids is 1. The number of rotatable bonds is 3. The molecule has 0 aliphatic rings. The number of esters is 1. The summed E-state index contributed by atoms with van der Waals surface area (Å²) in [5.74, 6) is 0.426. The number of hydrogen-bond acceptors (Lipinski definition) is 3. The molecule has 1 aromatic rings. The van der Waals surface area contributed by atoms with Crippen molar-refractivity contribution in [1.82, 2.24) is 5.32 Å². The zero-order valence-corrected chi connectivity index (χ0v) is 12.2. The van der Waals surface area contributed by atoms with Crippen LogP contribution in [0.1, 0.15) is 37.5 Å². The highest BCUT2D eigenvalue weighted by Gasteiger charge is 2.17. The first kappa shape index (κ1) is 14.7. The average molecular weight is 249 g/mol. The minimum Gasteiger partial charge on any atom is -0.425 e. The largest absolute Gasteiger partial charge is 0.425 e. The maximum atomic E-state index is 11.5. The van der Waals surface area contributed by atoms with Crippen LogP contribution in [0.5, 0.6) is 5.75 Å². The van der Waals surface area contributed by atoms with Crippen molar-refractivity contribution < 1.29 is 9.53 Å². The number of benzene rings is 1. The zero-order valence-electron chi connectivity index (χ0n) is 12.2. The molecular formula is C15H23NO2. The standard InChI is InChI=1S/C15H23NO2/c1-10-7-12(15(3,4)5)8-11(2)14(10)18-13(17)9-16-6/h7-8,16H,9H2,1-6H3. The molecule has 0 fully saturated rings. The van der Waals surface area contributed by atoms with E-state index in [-0.39, 0.29) is 17.9 Å². The summed E-state index contributed by atoms with van der Waals surface area (Å²) < 4.78 is 5.38. The van der Waals surface area contributed by atoms with Crippen molar-refractivity contribution in [1.29, 1.82) is 0 Å². The first-order valence-electron chi connectivity index (χ1n) is 6.22. The number of likely N-dealkylation sites (N-methyl/N-ethyl adjacent to an activating group) is 1. The molecule has 3 nitrogen and oxygen atoms in total. The predicted molar refractivity (Wildman–Crippen MR) is 74.2 cm³/mol. The van der Waals surface area contributed by atoms with E-state index < -0.39 is 0 Å². The molecule has 1 aromatic carbocycles. The van der Waals surface area contributed by atoms with Gasteiger partial charge in [-0.2, -0.15) is 0 Å². The van der Waals surface area contributed by atoms with E-state index in [1.54, 1.807) is 7.05 Å². The average Bonchev–Trinajstić information content (AvgIpc) is 2.22. The van der Waals surface area contributed by atoms with Crippen LogP contribution in [0.4, 0.5) is 0 Å². The van der Waals surface area contributed by atoms with Crippen molar-refractivity contribution in [3.05, 3.63) is 28.8 Å². The van der Waals surface area contributed by atoms with Gasteiger partial charge in [-0.3, -0.25) is 4.79 Å². The normalized spacial score (nSPS) is 11.4. The Labute approximate surface area is 110 Å². The van der Waals surface area contributed by atoms with Crippen molar-refractivity contribution in [2.45, 2.75) is 40.0 Å². The Bertz CT molecular complexity index is 421. The Kier molecular flexibility index (Phi) is 4.52. The van der Waals surface area contributed by atoms with Crippen LogP contribution in [0.2, 0.25) is 0 Å². The Morgan fingerprint density at radius 1 is 1.22 bits per heavy atom. The molecule has 0 aromatic heterocycles. The van der Waals surface area contributed by atoms with Crippen molar-refractivity contribution in [3.63, 3.8) is 0 Å². The lowest BCUT2D eigenvalue weighted by Crippen LogP contribution is -2.24. The smallest absolute Gasteiger partial charge is 0.325 e. The Morgan fingerprint density at radius 3 is 2.11 bits per heavy atom. The number of aryl methyl sites for hydroxylation is 2. The lowest BCUT2D eigenvalue weighted by atomic mass is 9.85. The first-order chi connectivity index (χ1) is 8.25. The molecule has 0 aliphatic carbocycles. The highest BCUT2D eigenvalue weighted by atomic mass is 16.5. The second kappa shape index (κ2) is 5.53. The molecule has 0 aliphatic heterocycles. The van der Waals surface area contributed by atoms with E-state index in [9.17, 15) is 4.79 Å². The summed E-state index contributed by atoms with van der Waals surface area (Å²) >= 11 is 0. The molecule has 1 rings (SSSR count). The van der Waals surface area contributed by atoms with Gasteiger partial charge in [0.15, 0.2) is 0 Å². The fourth-order valence-electron chi connectivity index (χ4n) is 1.84. The van der Waals surface area contributed by atoms with E-state index in [4.69, 9.17) is 4.74 Å². The zero-order chi connectivity index (χ0) is 13.9. The molecule has 0 radical (unpaired) electrons. The van der Waals surface area contributed by atoms with Crippen molar-refractivity contribution in [2.75, 3.05) is 13.6 Å². The van der Waals surface area contributed by atoms with Gasteiger partial charge in [-0.25, -0.2) is 0 Å². The van der Waals surface area contributed by atoms with Gasteiger partial charge in [-0.05, 0) is 43.0 Å². The molecule has 0 atom stereocenters. The van der Waals surface area contributed by atoms with Crippen LogP contribution >= 0.6 is 0 Å². The summed E-state index contributed by atoms with van der Waals surface area (Å²) in [6, 6.07) is 4.18. The second-order valence-electron chi connectivity index (χ2n) is 5.69. The molecule has 1 N–H and O–H groups in total. The van der Waals surface area contributed by atoms with Gasteiger partial charge in [0.25, 0.3) is 0 Å². The molecule has 18 heavy (non-hydrogen) atoms. The minimum absolute atomic E-state index is 0.100. The van der Waals surface area contributed by atoms with Gasteiger partial charge < -0.3 is 10.1 Å². The van der Waals surface area contributed by atoms with Crippen LogP contribution in [0.3, 0.4) is 0 Å². The van der Waals surface area contributed by atoms with Crippen LogP contribution < -0.4 is 10.1 Å². The second-order valence-corrected chi connectivity index (χ2v) is 5.69. The third-order valence-electron chi connectivity index (χ3n) is 2.86. The van der Waals surface area contributed by atoms with Gasteiger partial charge in [0.2, 0.25) is 0 Å². The summed E-state index contributed by atoms with van der Waals surface area (Å²) in [6.45, 7) is 10.7. The number of nitrogens with one attached hydrogen (secondary N) is 1. The van der Waals surface area contributed by atoms with E-state index in [1.165, 1.54) is 5.56 Å². The number of hydrogen-bond donors (Lipinski definition) is 1. The third kappa shape index (κ3) is 3.57. The molecule has 0 amide bonds. The summed E-state index contributed by atoms with van der Waals surface area (Å²) in [5.41, 5.74) is 3.36. The van der Waals surface area contributed by atoms with E-state index in [0.717, 1.165) is 11.1 Å². The summed E-state index contributed by atoms with van der Waals surface area (Å²) in [5, 5.41) is 2.79. The lowest BCUT2D eigenvalue weighted by Gasteiger charge is -2.22. The Hall–Kier alpha value is -1.35. The third-order valence-corrected chi connectivity index (χ3v) is 2.86. The van der Waals surface area contributed by atoms with Crippen LogP contribution in [0.25, 0.3) is 0 Å². The molecular weight excluding hydrogens is 226 g/mol. The molecule has 0 saturated carbocycles. The van der Waals surface area contributed by atoms with Gasteiger partial charge in [0, 0.05) is 0 Å². The van der Waals surface area contributed by atoms with Crippen molar-refractivity contribution in [3.8, 4) is 5.75 Å². The summed E-state index contributed by atoms with van der Waals surface area (Å²) in [6.07, 6.45) is 0. The lowest BCUT2D eigenvalue weighted by molar-refractivity contribution is -0.133. The van der Waals surface area contributed by atoms with Crippen molar-refractivity contribution in [2.24, 2.45) is 0 Å². The fourth-order valence-corrected chi connectivity index (χ4v) is 1.84. The number of carbonyl (C=O) groups is 1. The summed E-state index contributed by atoms with van der Waals surface area (Å²) in [7, 11) is 1.73. The minimum atomic E-state index is -0.257. The highest BCUT2D eigenvalue weighted by Crippen LogP contribution is 2.30. The molecule has 0 unspecified atom stereocenters. The topological polar surface area (TPSA) is 38.3 Å². The quantitative estimate of drug-likeness (QED) is 0.661. The van der Waals surface area contributed by atoms with E-state index in [0.29, 0.717) is 5.75 Å². The fraction of sp³-hybridized carbons (Fsp3) is 0.533. The molecule has 3 heteroatoms. The van der Waals surface area contributed by atoms with Crippen LogP contribution in [-0.4, -0.2) is 19.6 Å². The van der Waals surface area contributed by atoms with Gasteiger partial charge in [0.05, 0.1) is 6.54 Å². The van der Waals surface area contributed by atoms with Crippen LogP contribution in [-0.2, 0) is 10.2 Å². The van der Waals surface area contributed by atoms with Crippen molar-refractivity contribution >= 4 is 5.97 Å². The maximum absolute atomic E-state index is 11.5. The molecule has 100 valence electrons. The highest BCUT2D eigenvalue weighted by molar-refractivity contribution is 5.75. The predicted octanol–water partition coefficient (Wildman–Crippen LogP) is 2.73. The summed E-state index contributed by atoms with van der Waals surface area (Å²) in [4.78, 5) is 11.5. The molecule has 0 bridgehead atoms. The number of ether oxygens (including phenoxy) is 1. The van der Waals surface area contributed by atoms with Gasteiger partial charge in [-0.15, -0.1) is 0 Å². The van der Waals surface area contributed by atoms with E-state index >= 15 is 0 Å². The van der Waals surface area contributed by atoms with Gasteiger partial charge in [0.1, 0.15) is 5.75 Å². The first-order valence-corrected chi connectivity index (χ1v) is 6.22. The van der Waals surface area contributed by atoms with E-state index in [1.807, 2.05) is 13.8 Å². The molecule has 0 heterocycles. The van der Waals surface area contributed by atoms with Crippen LogP contribution in [0.15, 0.2) is 12.1 Å². The maximum Gasteiger partial charge on any atom is 0.325 e. The molecule has 0 spiro atoms. The Morgan fingerprint density at radius 2 is 1.72 bits per heavy atom. The molecule has 0 saturated heterocycles. The van der Waals surface area contributed by atoms with Gasteiger partial charge in [-0.1, -0.05) is 32.9 Å².